The topological polar surface area (TPSA) is 44.8 Å². The van der Waals surface area contributed by atoms with E-state index in [4.69, 9.17) is 14.2 Å². The Bertz CT molecular complexity index is 638. The highest BCUT2D eigenvalue weighted by Gasteiger charge is 2.08. The van der Waals surface area contributed by atoms with E-state index in [9.17, 15) is 9.18 Å². The average molecular weight is 304 g/mol. The quantitative estimate of drug-likeness (QED) is 0.606. The Morgan fingerprint density at radius 3 is 2.32 bits per heavy atom. The number of benzene rings is 2. The summed E-state index contributed by atoms with van der Waals surface area (Å²) in [6, 6.07) is 10.8. The summed E-state index contributed by atoms with van der Waals surface area (Å²) in [7, 11) is 3.13. The third-order valence-electron chi connectivity index (χ3n) is 3.11. The van der Waals surface area contributed by atoms with Crippen LogP contribution in [0, 0.1) is 5.82 Å². The molecule has 2 aromatic carbocycles. The lowest BCUT2D eigenvalue weighted by atomic mass is 10.1. The van der Waals surface area contributed by atoms with Gasteiger partial charge in [0.2, 0.25) is 0 Å². The van der Waals surface area contributed by atoms with Crippen LogP contribution in [-0.4, -0.2) is 20.2 Å². The first-order chi connectivity index (χ1) is 10.6. The molecule has 0 radical (unpaired) electrons. The van der Waals surface area contributed by atoms with Crippen molar-refractivity contribution < 1.29 is 23.4 Å². The van der Waals surface area contributed by atoms with Gasteiger partial charge in [-0.2, -0.15) is 0 Å². The van der Waals surface area contributed by atoms with Crippen LogP contribution in [0.3, 0.4) is 0 Å². The maximum Gasteiger partial charge on any atom is 0.311 e. The first kappa shape index (κ1) is 15.8. The molecule has 2 aromatic rings. The molecule has 0 aromatic heterocycles. The van der Waals surface area contributed by atoms with Crippen LogP contribution >= 0.6 is 0 Å². The molecular formula is C17H17FO4. The molecule has 0 bridgehead atoms. The Morgan fingerprint density at radius 2 is 1.68 bits per heavy atom. The Morgan fingerprint density at radius 1 is 1.00 bits per heavy atom. The predicted molar refractivity (Wildman–Crippen MR) is 79.9 cm³/mol. The molecule has 0 fully saturated rings. The molecule has 4 nitrogen and oxygen atoms in total. The summed E-state index contributed by atoms with van der Waals surface area (Å²) in [5.41, 5.74) is 0.939. The van der Waals surface area contributed by atoms with Gasteiger partial charge in [0.05, 0.1) is 14.2 Å². The molecule has 0 amide bonds. The van der Waals surface area contributed by atoms with Crippen molar-refractivity contribution in [3.05, 3.63) is 53.8 Å². The zero-order valence-electron chi connectivity index (χ0n) is 12.5. The normalized spacial score (nSPS) is 10.1. The average Bonchev–Trinajstić information content (AvgIpc) is 2.54. The molecule has 0 unspecified atom stereocenters. The number of rotatable bonds is 6. The Hall–Kier alpha value is -2.56. The van der Waals surface area contributed by atoms with Gasteiger partial charge in [-0.05, 0) is 48.4 Å². The smallest absolute Gasteiger partial charge is 0.311 e. The van der Waals surface area contributed by atoms with Crippen molar-refractivity contribution in [2.24, 2.45) is 0 Å². The highest BCUT2D eigenvalue weighted by atomic mass is 19.1. The SMILES string of the molecule is COc1ccc(CCC(=O)Oc2ccc(F)cc2)cc1OC. The van der Waals surface area contributed by atoms with Gasteiger partial charge in [0, 0.05) is 6.42 Å². The summed E-state index contributed by atoms with van der Waals surface area (Å²) in [5.74, 6) is 0.845. The van der Waals surface area contributed by atoms with Gasteiger partial charge in [0.15, 0.2) is 11.5 Å². The predicted octanol–water partition coefficient (Wildman–Crippen LogP) is 3.38. The summed E-state index contributed by atoms with van der Waals surface area (Å²) in [6.45, 7) is 0. The molecule has 5 heteroatoms. The standard InChI is InChI=1S/C17H17FO4/c1-20-15-9-3-12(11-16(15)21-2)4-10-17(19)22-14-7-5-13(18)6-8-14/h3,5-9,11H,4,10H2,1-2H3. The summed E-state index contributed by atoms with van der Waals surface area (Å²) in [4.78, 5) is 11.8. The highest BCUT2D eigenvalue weighted by Crippen LogP contribution is 2.28. The lowest BCUT2D eigenvalue weighted by Crippen LogP contribution is -2.09. The maximum absolute atomic E-state index is 12.8. The third-order valence-corrected chi connectivity index (χ3v) is 3.11. The molecule has 116 valence electrons. The monoisotopic (exact) mass is 304 g/mol. The van der Waals surface area contributed by atoms with E-state index in [0.29, 0.717) is 23.7 Å². The number of carbonyl (C=O) groups excluding carboxylic acids is 1. The van der Waals surface area contributed by atoms with E-state index in [2.05, 4.69) is 0 Å². The zero-order valence-corrected chi connectivity index (χ0v) is 12.5. The van der Waals surface area contributed by atoms with Crippen molar-refractivity contribution >= 4 is 5.97 Å². The largest absolute Gasteiger partial charge is 0.493 e. The van der Waals surface area contributed by atoms with Gasteiger partial charge < -0.3 is 14.2 Å². The highest BCUT2D eigenvalue weighted by molar-refractivity contribution is 5.72. The summed E-state index contributed by atoms with van der Waals surface area (Å²) in [5, 5.41) is 0. The van der Waals surface area contributed by atoms with E-state index in [1.165, 1.54) is 24.3 Å². The minimum Gasteiger partial charge on any atom is -0.493 e. The van der Waals surface area contributed by atoms with Gasteiger partial charge in [-0.3, -0.25) is 4.79 Å². The second-order valence-corrected chi connectivity index (χ2v) is 4.62. The molecule has 0 aliphatic heterocycles. The van der Waals surface area contributed by atoms with Gasteiger partial charge in [-0.15, -0.1) is 0 Å². The Kier molecular flexibility index (Phi) is 5.36. The van der Waals surface area contributed by atoms with Crippen LogP contribution in [0.5, 0.6) is 17.2 Å². The molecule has 0 saturated carbocycles. The molecular weight excluding hydrogens is 287 g/mol. The first-order valence-corrected chi connectivity index (χ1v) is 6.79. The van der Waals surface area contributed by atoms with Gasteiger partial charge in [-0.1, -0.05) is 6.07 Å². The van der Waals surface area contributed by atoms with Crippen LogP contribution < -0.4 is 14.2 Å². The van der Waals surface area contributed by atoms with Crippen molar-refractivity contribution in [1.82, 2.24) is 0 Å². The zero-order chi connectivity index (χ0) is 15.9. The molecule has 0 aliphatic carbocycles. The fraction of sp³-hybridized carbons (Fsp3) is 0.235. The van der Waals surface area contributed by atoms with Crippen molar-refractivity contribution in [3.8, 4) is 17.2 Å². The molecule has 0 aliphatic rings. The lowest BCUT2D eigenvalue weighted by molar-refractivity contribution is -0.134. The maximum atomic E-state index is 12.8. The number of ether oxygens (including phenoxy) is 3. The number of halogens is 1. The molecule has 0 spiro atoms. The van der Waals surface area contributed by atoms with E-state index >= 15 is 0 Å². The van der Waals surface area contributed by atoms with E-state index in [-0.39, 0.29) is 18.2 Å². The number of methoxy groups -OCH3 is 2. The van der Waals surface area contributed by atoms with Crippen LogP contribution in [0.25, 0.3) is 0 Å². The first-order valence-electron chi connectivity index (χ1n) is 6.79. The minimum atomic E-state index is -0.374. The fourth-order valence-electron chi connectivity index (χ4n) is 1.97. The Labute approximate surface area is 128 Å². The minimum absolute atomic E-state index is 0.215. The fourth-order valence-corrected chi connectivity index (χ4v) is 1.97. The number of esters is 1. The second-order valence-electron chi connectivity index (χ2n) is 4.62. The van der Waals surface area contributed by atoms with Crippen LogP contribution in [0.15, 0.2) is 42.5 Å². The summed E-state index contributed by atoms with van der Waals surface area (Å²) in [6.07, 6.45) is 0.729. The summed E-state index contributed by atoms with van der Waals surface area (Å²) >= 11 is 0. The van der Waals surface area contributed by atoms with Crippen LogP contribution in [0.4, 0.5) is 4.39 Å². The van der Waals surface area contributed by atoms with E-state index in [0.717, 1.165) is 5.56 Å². The third kappa shape index (κ3) is 4.22. The van der Waals surface area contributed by atoms with E-state index in [1.807, 2.05) is 12.1 Å². The second kappa shape index (κ2) is 7.45. The van der Waals surface area contributed by atoms with Crippen molar-refractivity contribution in [1.29, 1.82) is 0 Å². The van der Waals surface area contributed by atoms with Crippen LogP contribution in [0.1, 0.15) is 12.0 Å². The number of carbonyl (C=O) groups is 1. The van der Waals surface area contributed by atoms with Crippen molar-refractivity contribution in [2.75, 3.05) is 14.2 Å². The van der Waals surface area contributed by atoms with Gasteiger partial charge >= 0.3 is 5.97 Å². The van der Waals surface area contributed by atoms with Crippen molar-refractivity contribution in [3.63, 3.8) is 0 Å². The van der Waals surface area contributed by atoms with E-state index in [1.54, 1.807) is 20.3 Å². The number of aryl methyl sites for hydroxylation is 1. The van der Waals surface area contributed by atoms with Crippen molar-refractivity contribution in [2.45, 2.75) is 12.8 Å². The van der Waals surface area contributed by atoms with Gasteiger partial charge in [-0.25, -0.2) is 4.39 Å². The molecule has 22 heavy (non-hydrogen) atoms. The number of hydrogen-bond acceptors (Lipinski definition) is 4. The molecule has 0 atom stereocenters. The van der Waals surface area contributed by atoms with Gasteiger partial charge in [0.25, 0.3) is 0 Å². The molecule has 2 rings (SSSR count). The van der Waals surface area contributed by atoms with E-state index < -0.39 is 0 Å². The van der Waals surface area contributed by atoms with Crippen LogP contribution in [0.2, 0.25) is 0 Å². The van der Waals surface area contributed by atoms with Crippen LogP contribution in [-0.2, 0) is 11.2 Å². The molecule has 0 saturated heterocycles. The Balaban J connectivity index is 1.92. The number of hydrogen-bond donors (Lipinski definition) is 0. The lowest BCUT2D eigenvalue weighted by Gasteiger charge is -2.09. The van der Waals surface area contributed by atoms with Gasteiger partial charge in [0.1, 0.15) is 11.6 Å². The molecule has 0 N–H and O–H groups in total. The summed E-state index contributed by atoms with van der Waals surface area (Å²) < 4.78 is 28.3. The molecule has 0 heterocycles.